The molecule has 2 saturated carbocycles. The number of amides is 2. The summed E-state index contributed by atoms with van der Waals surface area (Å²) in [6.07, 6.45) is 8.33. The average Bonchev–Trinajstić information content (AvgIpc) is 2.88. The van der Waals surface area contributed by atoms with E-state index in [1.807, 2.05) is 0 Å². The van der Waals surface area contributed by atoms with Gasteiger partial charge in [-0.25, -0.2) is 4.79 Å². The number of carbonyl (C=O) groups is 1. The third kappa shape index (κ3) is 2.83. The third-order valence-corrected chi connectivity index (χ3v) is 7.47. The Kier molecular flexibility index (Phi) is 4.50. The van der Waals surface area contributed by atoms with E-state index >= 15 is 0 Å². The van der Waals surface area contributed by atoms with E-state index in [0.29, 0.717) is 0 Å². The maximum atomic E-state index is 12.5. The molecule has 0 aromatic heterocycles. The lowest BCUT2D eigenvalue weighted by Crippen LogP contribution is -2.56. The van der Waals surface area contributed by atoms with Crippen LogP contribution in [0.4, 0.5) is 4.79 Å². The zero-order valence-corrected chi connectivity index (χ0v) is 16.6. The van der Waals surface area contributed by atoms with E-state index in [1.54, 1.807) is 0 Å². The maximum absolute atomic E-state index is 12.5. The fraction of sp³-hybridized carbons (Fsp3) is 0.682. The van der Waals surface area contributed by atoms with Crippen LogP contribution >= 0.6 is 0 Å². The van der Waals surface area contributed by atoms with E-state index in [9.17, 15) is 4.79 Å². The maximum Gasteiger partial charge on any atom is 0.318 e. The lowest BCUT2D eigenvalue weighted by Gasteiger charge is -2.51. The van der Waals surface area contributed by atoms with Crippen LogP contribution in [0.1, 0.15) is 56.1 Å². The molecule has 4 rings (SSSR count). The minimum atomic E-state index is 0.0377. The molecular formula is C22H33N3O. The normalized spacial score (nSPS) is 32.2. The molecule has 0 radical (unpaired) electrons. The van der Waals surface area contributed by atoms with Crippen molar-refractivity contribution in [3.63, 3.8) is 0 Å². The molecule has 1 N–H and O–H groups in total. The number of nitrogens with one attached hydrogen (secondary N) is 1. The Labute approximate surface area is 157 Å². The van der Waals surface area contributed by atoms with Crippen molar-refractivity contribution in [3.8, 4) is 0 Å². The largest absolute Gasteiger partial charge is 0.336 e. The third-order valence-electron chi connectivity index (χ3n) is 7.47. The first-order chi connectivity index (χ1) is 12.5. The van der Waals surface area contributed by atoms with Gasteiger partial charge in [0.1, 0.15) is 0 Å². The lowest BCUT2D eigenvalue weighted by atomic mass is 9.68. The van der Waals surface area contributed by atoms with Crippen LogP contribution in [-0.2, 0) is 5.54 Å². The van der Waals surface area contributed by atoms with Gasteiger partial charge >= 0.3 is 6.03 Å². The van der Waals surface area contributed by atoms with Crippen molar-refractivity contribution in [2.75, 3.05) is 27.2 Å². The molecular weight excluding hydrogens is 322 g/mol. The van der Waals surface area contributed by atoms with Crippen LogP contribution in [0.25, 0.3) is 0 Å². The van der Waals surface area contributed by atoms with Crippen molar-refractivity contribution < 1.29 is 4.79 Å². The molecule has 142 valence electrons. The van der Waals surface area contributed by atoms with Crippen molar-refractivity contribution in [2.45, 2.75) is 62.9 Å². The van der Waals surface area contributed by atoms with Crippen LogP contribution < -0.4 is 5.32 Å². The summed E-state index contributed by atoms with van der Waals surface area (Å²) in [4.78, 5) is 17.2. The average molecular weight is 356 g/mol. The summed E-state index contributed by atoms with van der Waals surface area (Å²) in [5.41, 5.74) is 2.88. The topological polar surface area (TPSA) is 35.6 Å². The van der Waals surface area contributed by atoms with Gasteiger partial charge in [-0.3, -0.25) is 4.90 Å². The van der Waals surface area contributed by atoms with Gasteiger partial charge in [0.15, 0.2) is 0 Å². The number of aryl methyl sites for hydroxylation is 1. The molecule has 0 unspecified atom stereocenters. The molecule has 3 fully saturated rings. The first-order valence-corrected chi connectivity index (χ1v) is 10.3. The number of rotatable bonds is 4. The highest BCUT2D eigenvalue weighted by molar-refractivity contribution is 5.78. The van der Waals surface area contributed by atoms with Crippen molar-refractivity contribution in [3.05, 3.63) is 35.4 Å². The molecule has 3 aliphatic rings. The summed E-state index contributed by atoms with van der Waals surface area (Å²) in [5.74, 6) is 0.730. The Hall–Kier alpha value is -1.55. The number of hydrogen-bond donors (Lipinski definition) is 1. The summed E-state index contributed by atoms with van der Waals surface area (Å²) in [5, 5.41) is 3.16. The fourth-order valence-electron chi connectivity index (χ4n) is 5.36. The van der Waals surface area contributed by atoms with Crippen LogP contribution in [0.15, 0.2) is 24.3 Å². The predicted octanol–water partition coefficient (Wildman–Crippen LogP) is 3.89. The Bertz CT molecular complexity index is 672. The van der Waals surface area contributed by atoms with Crippen molar-refractivity contribution in [1.82, 2.24) is 15.1 Å². The highest BCUT2D eigenvalue weighted by atomic mass is 16.2. The van der Waals surface area contributed by atoms with Gasteiger partial charge in [-0.2, -0.15) is 0 Å². The molecule has 0 bridgehead atoms. The number of hydrogen-bond acceptors (Lipinski definition) is 2. The van der Waals surface area contributed by atoms with Crippen molar-refractivity contribution in [2.24, 2.45) is 5.92 Å². The smallest absolute Gasteiger partial charge is 0.318 e. The quantitative estimate of drug-likeness (QED) is 0.889. The zero-order chi connectivity index (χ0) is 18.4. The number of benzene rings is 1. The van der Waals surface area contributed by atoms with Gasteiger partial charge in [-0.15, -0.1) is 0 Å². The van der Waals surface area contributed by atoms with Gasteiger partial charge in [-0.05, 0) is 71.0 Å². The Morgan fingerprint density at radius 3 is 2.50 bits per heavy atom. The van der Waals surface area contributed by atoms with E-state index in [0.717, 1.165) is 44.7 Å². The van der Waals surface area contributed by atoms with Crippen LogP contribution in [0.5, 0.6) is 0 Å². The van der Waals surface area contributed by atoms with E-state index in [4.69, 9.17) is 0 Å². The second-order valence-electron chi connectivity index (χ2n) is 9.09. The summed E-state index contributed by atoms with van der Waals surface area (Å²) in [7, 11) is 4.43. The summed E-state index contributed by atoms with van der Waals surface area (Å²) < 4.78 is 0. The highest BCUT2D eigenvalue weighted by Crippen LogP contribution is 2.48. The molecule has 2 amide bonds. The lowest BCUT2D eigenvalue weighted by molar-refractivity contribution is 0.0170. The molecule has 1 aromatic carbocycles. The summed E-state index contributed by atoms with van der Waals surface area (Å²) in [6.45, 7) is 3.97. The second-order valence-corrected chi connectivity index (χ2v) is 9.09. The molecule has 2 aliphatic carbocycles. The van der Waals surface area contributed by atoms with Gasteiger partial charge in [0.2, 0.25) is 0 Å². The highest BCUT2D eigenvalue weighted by Gasteiger charge is 2.52. The summed E-state index contributed by atoms with van der Waals surface area (Å²) >= 11 is 0. The van der Waals surface area contributed by atoms with Gasteiger partial charge in [0, 0.05) is 18.6 Å². The first-order valence-electron chi connectivity index (χ1n) is 10.3. The molecule has 1 aromatic rings. The molecule has 1 aliphatic heterocycles. The van der Waals surface area contributed by atoms with Gasteiger partial charge in [-0.1, -0.05) is 36.2 Å². The van der Waals surface area contributed by atoms with Gasteiger partial charge < -0.3 is 10.2 Å². The standard InChI is InChI=1S/C22H33N3O/c1-17-6-4-9-19(14-17)22(24(2)3)12-10-21(11-13-22)16-23-20(26)25(21)15-18-7-5-8-18/h4,6,9,14,18H,5,7-8,10-13,15-16H2,1-3H3,(H,23,26). The Morgan fingerprint density at radius 2 is 1.92 bits per heavy atom. The first kappa shape index (κ1) is 17.8. The number of urea groups is 1. The molecule has 0 atom stereocenters. The SMILES string of the molecule is Cc1cccc(C2(N(C)C)CCC3(CC2)CNC(=O)N3CC2CCC2)c1. The Balaban J connectivity index is 1.56. The van der Waals surface area contributed by atoms with Gasteiger partial charge in [0.25, 0.3) is 0 Å². The number of carbonyl (C=O) groups excluding carboxylic acids is 1. The van der Waals surface area contributed by atoms with Crippen molar-refractivity contribution in [1.29, 1.82) is 0 Å². The van der Waals surface area contributed by atoms with E-state index < -0.39 is 0 Å². The van der Waals surface area contributed by atoms with Gasteiger partial charge in [0.05, 0.1) is 5.54 Å². The minimum Gasteiger partial charge on any atom is -0.336 e. The Morgan fingerprint density at radius 1 is 1.19 bits per heavy atom. The predicted molar refractivity (Wildman–Crippen MR) is 105 cm³/mol. The number of nitrogens with zero attached hydrogens (tertiary/aromatic N) is 2. The monoisotopic (exact) mass is 355 g/mol. The van der Waals surface area contributed by atoms with Crippen LogP contribution in [0.3, 0.4) is 0 Å². The fourth-order valence-corrected chi connectivity index (χ4v) is 5.36. The minimum absolute atomic E-state index is 0.0377. The van der Waals surface area contributed by atoms with Crippen LogP contribution in [0, 0.1) is 12.8 Å². The van der Waals surface area contributed by atoms with E-state index in [2.05, 4.69) is 60.4 Å². The van der Waals surface area contributed by atoms with Crippen LogP contribution in [0.2, 0.25) is 0 Å². The second kappa shape index (κ2) is 6.56. The van der Waals surface area contributed by atoms with Crippen LogP contribution in [-0.4, -0.2) is 48.6 Å². The van der Waals surface area contributed by atoms with E-state index in [1.165, 1.54) is 30.4 Å². The molecule has 1 saturated heterocycles. The summed E-state index contributed by atoms with van der Waals surface area (Å²) in [6, 6.07) is 9.17. The molecule has 4 nitrogen and oxygen atoms in total. The molecule has 4 heteroatoms. The molecule has 1 spiro atoms. The molecule has 1 heterocycles. The van der Waals surface area contributed by atoms with E-state index in [-0.39, 0.29) is 17.1 Å². The molecule has 26 heavy (non-hydrogen) atoms. The van der Waals surface area contributed by atoms with Crippen molar-refractivity contribution >= 4 is 6.03 Å². The zero-order valence-electron chi connectivity index (χ0n) is 16.6.